The minimum atomic E-state index is 0.878. The average molecular weight is 297 g/mol. The Morgan fingerprint density at radius 2 is 2.00 bits per heavy atom. The zero-order valence-corrected chi connectivity index (χ0v) is 13.5. The fourth-order valence-corrected chi connectivity index (χ4v) is 3.04. The molecule has 0 aromatic heterocycles. The van der Waals surface area contributed by atoms with E-state index in [0.717, 1.165) is 61.9 Å². The molecule has 4 heteroatoms. The quantitative estimate of drug-likeness (QED) is 0.904. The minimum Gasteiger partial charge on any atom is -0.496 e. The van der Waals surface area contributed by atoms with Gasteiger partial charge < -0.3 is 15.0 Å². The SMILES string of the molecule is COc1cc(C)c(Cl)c(C)c1CCCN1CCNCC1. The van der Waals surface area contributed by atoms with E-state index in [9.17, 15) is 0 Å². The van der Waals surface area contributed by atoms with Gasteiger partial charge in [0.1, 0.15) is 5.75 Å². The number of ether oxygens (including phenoxy) is 1. The van der Waals surface area contributed by atoms with Crippen LogP contribution in [0.3, 0.4) is 0 Å². The number of methoxy groups -OCH3 is 1. The molecule has 2 rings (SSSR count). The smallest absolute Gasteiger partial charge is 0.122 e. The van der Waals surface area contributed by atoms with Crippen LogP contribution in [-0.2, 0) is 6.42 Å². The molecule has 0 amide bonds. The number of halogens is 1. The first-order chi connectivity index (χ1) is 9.63. The van der Waals surface area contributed by atoms with Crippen molar-refractivity contribution in [1.82, 2.24) is 10.2 Å². The maximum atomic E-state index is 6.37. The molecule has 1 saturated heterocycles. The van der Waals surface area contributed by atoms with Gasteiger partial charge in [0.25, 0.3) is 0 Å². The van der Waals surface area contributed by atoms with E-state index in [0.29, 0.717) is 0 Å². The third-order valence-electron chi connectivity index (χ3n) is 4.10. The second-order valence-electron chi connectivity index (χ2n) is 5.51. The van der Waals surface area contributed by atoms with E-state index in [4.69, 9.17) is 16.3 Å². The fraction of sp³-hybridized carbons (Fsp3) is 0.625. The highest BCUT2D eigenvalue weighted by molar-refractivity contribution is 6.32. The van der Waals surface area contributed by atoms with Gasteiger partial charge in [-0.05, 0) is 56.0 Å². The van der Waals surface area contributed by atoms with Crippen molar-refractivity contribution in [3.63, 3.8) is 0 Å². The number of piperazine rings is 1. The molecule has 112 valence electrons. The Labute approximate surface area is 127 Å². The van der Waals surface area contributed by atoms with Crippen molar-refractivity contribution >= 4 is 11.6 Å². The normalized spacial score (nSPS) is 16.4. The van der Waals surface area contributed by atoms with Gasteiger partial charge in [-0.3, -0.25) is 0 Å². The van der Waals surface area contributed by atoms with E-state index in [1.54, 1.807) is 7.11 Å². The van der Waals surface area contributed by atoms with Crippen molar-refractivity contribution in [3.8, 4) is 5.75 Å². The molecule has 3 nitrogen and oxygen atoms in total. The zero-order chi connectivity index (χ0) is 14.5. The van der Waals surface area contributed by atoms with E-state index in [2.05, 4.69) is 23.2 Å². The summed E-state index contributed by atoms with van der Waals surface area (Å²) in [6, 6.07) is 2.05. The van der Waals surface area contributed by atoms with Gasteiger partial charge in [0.2, 0.25) is 0 Å². The predicted octanol–water partition coefficient (Wildman–Crippen LogP) is 2.80. The molecule has 0 unspecified atom stereocenters. The molecular formula is C16H25ClN2O. The summed E-state index contributed by atoms with van der Waals surface area (Å²) in [5.74, 6) is 0.977. The number of nitrogens with one attached hydrogen (secondary N) is 1. The van der Waals surface area contributed by atoms with Crippen molar-refractivity contribution in [3.05, 3.63) is 27.8 Å². The molecule has 1 heterocycles. The van der Waals surface area contributed by atoms with Crippen molar-refractivity contribution in [2.45, 2.75) is 26.7 Å². The first-order valence-corrected chi connectivity index (χ1v) is 7.77. The topological polar surface area (TPSA) is 24.5 Å². The number of aryl methyl sites for hydroxylation is 1. The molecule has 0 aliphatic carbocycles. The summed E-state index contributed by atoms with van der Waals surface area (Å²) in [5, 5.41) is 4.26. The zero-order valence-electron chi connectivity index (χ0n) is 12.8. The Bertz CT molecular complexity index is 456. The number of hydrogen-bond acceptors (Lipinski definition) is 3. The van der Waals surface area contributed by atoms with E-state index in [1.165, 1.54) is 11.1 Å². The van der Waals surface area contributed by atoms with Crippen molar-refractivity contribution < 1.29 is 4.74 Å². The summed E-state index contributed by atoms with van der Waals surface area (Å²) < 4.78 is 5.52. The van der Waals surface area contributed by atoms with E-state index < -0.39 is 0 Å². The Hall–Kier alpha value is -0.770. The van der Waals surface area contributed by atoms with Gasteiger partial charge in [0.05, 0.1) is 7.11 Å². The maximum absolute atomic E-state index is 6.37. The molecular weight excluding hydrogens is 272 g/mol. The summed E-state index contributed by atoms with van der Waals surface area (Å²) in [4.78, 5) is 2.52. The standard InChI is InChI=1S/C16H25ClN2O/c1-12-11-15(20-3)14(13(2)16(12)17)5-4-8-19-9-6-18-7-10-19/h11,18H,4-10H2,1-3H3. The number of hydrogen-bond donors (Lipinski definition) is 1. The lowest BCUT2D eigenvalue weighted by molar-refractivity contribution is 0.238. The number of benzene rings is 1. The van der Waals surface area contributed by atoms with Crippen LogP contribution in [0.2, 0.25) is 5.02 Å². The Kier molecular flexibility index (Phi) is 5.70. The summed E-state index contributed by atoms with van der Waals surface area (Å²) in [6.45, 7) is 9.81. The third kappa shape index (κ3) is 3.66. The lowest BCUT2D eigenvalue weighted by Gasteiger charge is -2.27. The van der Waals surface area contributed by atoms with Crippen molar-refractivity contribution in [2.75, 3.05) is 39.8 Å². The highest BCUT2D eigenvalue weighted by Crippen LogP contribution is 2.32. The first kappa shape index (κ1) is 15.6. The molecule has 0 saturated carbocycles. The Morgan fingerprint density at radius 1 is 1.30 bits per heavy atom. The summed E-state index contributed by atoms with van der Waals surface area (Å²) in [5.41, 5.74) is 3.52. The van der Waals surface area contributed by atoms with Gasteiger partial charge in [-0.2, -0.15) is 0 Å². The van der Waals surface area contributed by atoms with Gasteiger partial charge in [-0.1, -0.05) is 11.6 Å². The molecule has 1 aliphatic rings. The number of nitrogens with zero attached hydrogens (tertiary/aromatic N) is 1. The molecule has 1 aromatic rings. The van der Waals surface area contributed by atoms with Crippen LogP contribution < -0.4 is 10.1 Å². The Balaban J connectivity index is 1.99. The van der Waals surface area contributed by atoms with Crippen LogP contribution in [-0.4, -0.2) is 44.7 Å². The van der Waals surface area contributed by atoms with Crippen LogP contribution in [0, 0.1) is 13.8 Å². The molecule has 0 bridgehead atoms. The monoisotopic (exact) mass is 296 g/mol. The summed E-state index contributed by atoms with van der Waals surface area (Å²) >= 11 is 6.37. The van der Waals surface area contributed by atoms with E-state index >= 15 is 0 Å². The summed E-state index contributed by atoms with van der Waals surface area (Å²) in [6.07, 6.45) is 2.18. The maximum Gasteiger partial charge on any atom is 0.122 e. The lowest BCUT2D eigenvalue weighted by atomic mass is 9.99. The Morgan fingerprint density at radius 3 is 2.65 bits per heavy atom. The largest absolute Gasteiger partial charge is 0.496 e. The fourth-order valence-electron chi connectivity index (χ4n) is 2.87. The highest BCUT2D eigenvalue weighted by atomic mass is 35.5. The first-order valence-electron chi connectivity index (χ1n) is 7.39. The van der Waals surface area contributed by atoms with Crippen LogP contribution in [0.5, 0.6) is 5.75 Å². The molecule has 1 aliphatic heterocycles. The van der Waals surface area contributed by atoms with Crippen LogP contribution in [0.15, 0.2) is 6.07 Å². The molecule has 1 aromatic carbocycles. The minimum absolute atomic E-state index is 0.878. The molecule has 0 atom stereocenters. The molecule has 20 heavy (non-hydrogen) atoms. The van der Waals surface area contributed by atoms with Gasteiger partial charge >= 0.3 is 0 Å². The van der Waals surface area contributed by atoms with Crippen LogP contribution >= 0.6 is 11.6 Å². The van der Waals surface area contributed by atoms with Gasteiger partial charge in [0.15, 0.2) is 0 Å². The molecule has 1 N–H and O–H groups in total. The van der Waals surface area contributed by atoms with Gasteiger partial charge in [-0.25, -0.2) is 0 Å². The second-order valence-corrected chi connectivity index (χ2v) is 5.89. The van der Waals surface area contributed by atoms with Crippen LogP contribution in [0.25, 0.3) is 0 Å². The highest BCUT2D eigenvalue weighted by Gasteiger charge is 2.14. The average Bonchev–Trinajstić information content (AvgIpc) is 2.48. The van der Waals surface area contributed by atoms with Crippen LogP contribution in [0.4, 0.5) is 0 Å². The second kappa shape index (κ2) is 7.30. The van der Waals surface area contributed by atoms with E-state index in [-0.39, 0.29) is 0 Å². The lowest BCUT2D eigenvalue weighted by Crippen LogP contribution is -2.43. The van der Waals surface area contributed by atoms with Crippen molar-refractivity contribution in [2.24, 2.45) is 0 Å². The third-order valence-corrected chi connectivity index (χ3v) is 4.69. The predicted molar refractivity (Wildman–Crippen MR) is 85.1 cm³/mol. The summed E-state index contributed by atoms with van der Waals surface area (Å²) in [7, 11) is 1.74. The van der Waals surface area contributed by atoms with E-state index in [1.807, 2.05) is 6.92 Å². The molecule has 0 spiro atoms. The molecule has 1 fully saturated rings. The number of rotatable bonds is 5. The van der Waals surface area contributed by atoms with Crippen LogP contribution in [0.1, 0.15) is 23.1 Å². The van der Waals surface area contributed by atoms with Gasteiger partial charge in [-0.15, -0.1) is 0 Å². The van der Waals surface area contributed by atoms with Crippen molar-refractivity contribution in [1.29, 1.82) is 0 Å². The van der Waals surface area contributed by atoms with Gasteiger partial charge in [0, 0.05) is 31.2 Å². The molecule has 0 radical (unpaired) electrons.